The topological polar surface area (TPSA) is 12.0 Å². The third kappa shape index (κ3) is 2.22. The molecule has 0 aromatic rings. The predicted molar refractivity (Wildman–Crippen MR) is 52.1 cm³/mol. The summed E-state index contributed by atoms with van der Waals surface area (Å²) in [6, 6.07) is 0.785. The number of rotatable bonds is 4. The van der Waals surface area contributed by atoms with Gasteiger partial charge in [-0.1, -0.05) is 12.8 Å². The molecular weight excluding hydrogens is 146 g/mol. The third-order valence-corrected chi connectivity index (χ3v) is 3.53. The Morgan fingerprint density at radius 2 is 1.83 bits per heavy atom. The second-order valence-corrected chi connectivity index (χ2v) is 4.68. The molecular formula is C11H21N. The lowest BCUT2D eigenvalue weighted by Crippen LogP contribution is -2.33. The molecule has 0 saturated heterocycles. The Morgan fingerprint density at radius 3 is 2.42 bits per heavy atom. The van der Waals surface area contributed by atoms with Crippen molar-refractivity contribution in [1.82, 2.24) is 5.32 Å². The molecule has 1 nitrogen and oxygen atoms in total. The molecule has 0 amide bonds. The van der Waals surface area contributed by atoms with Gasteiger partial charge in [-0.05, 0) is 51.0 Å². The minimum atomic E-state index is 0.785. The van der Waals surface area contributed by atoms with Crippen molar-refractivity contribution in [3.8, 4) is 0 Å². The van der Waals surface area contributed by atoms with E-state index in [4.69, 9.17) is 0 Å². The molecule has 1 N–H and O–H groups in total. The van der Waals surface area contributed by atoms with Crippen LogP contribution in [0.25, 0.3) is 0 Å². The zero-order chi connectivity index (χ0) is 8.39. The van der Waals surface area contributed by atoms with Gasteiger partial charge in [-0.15, -0.1) is 0 Å². The van der Waals surface area contributed by atoms with E-state index in [9.17, 15) is 0 Å². The Bertz CT molecular complexity index is 134. The lowest BCUT2D eigenvalue weighted by atomic mass is 10.00. The van der Waals surface area contributed by atoms with E-state index in [0.29, 0.717) is 0 Å². The standard InChI is InChI=1S/C11H21N/c1-9(11-4-2-3-5-11)12-8-10-6-7-10/h9-12H,2-8H2,1H3. The van der Waals surface area contributed by atoms with Crippen LogP contribution in [0.5, 0.6) is 0 Å². The molecule has 1 unspecified atom stereocenters. The van der Waals surface area contributed by atoms with Gasteiger partial charge in [0, 0.05) is 6.04 Å². The summed E-state index contributed by atoms with van der Waals surface area (Å²) in [5, 5.41) is 3.69. The lowest BCUT2D eigenvalue weighted by Gasteiger charge is -2.20. The second-order valence-electron chi connectivity index (χ2n) is 4.68. The van der Waals surface area contributed by atoms with E-state index < -0.39 is 0 Å². The monoisotopic (exact) mass is 167 g/mol. The molecule has 2 fully saturated rings. The molecule has 2 rings (SSSR count). The van der Waals surface area contributed by atoms with Crippen LogP contribution in [0.1, 0.15) is 45.4 Å². The maximum atomic E-state index is 3.69. The molecule has 0 heterocycles. The third-order valence-electron chi connectivity index (χ3n) is 3.53. The van der Waals surface area contributed by atoms with Gasteiger partial charge < -0.3 is 5.32 Å². The Balaban J connectivity index is 1.64. The Hall–Kier alpha value is -0.0400. The fourth-order valence-corrected chi connectivity index (χ4v) is 2.30. The minimum Gasteiger partial charge on any atom is -0.314 e. The fraction of sp³-hybridized carbons (Fsp3) is 1.00. The van der Waals surface area contributed by atoms with E-state index in [0.717, 1.165) is 17.9 Å². The van der Waals surface area contributed by atoms with Gasteiger partial charge in [-0.2, -0.15) is 0 Å². The van der Waals surface area contributed by atoms with Crippen LogP contribution in [-0.2, 0) is 0 Å². The first-order valence-electron chi connectivity index (χ1n) is 5.59. The number of nitrogens with one attached hydrogen (secondary N) is 1. The lowest BCUT2D eigenvalue weighted by molar-refractivity contribution is 0.377. The van der Waals surface area contributed by atoms with Crippen LogP contribution in [0.4, 0.5) is 0 Å². The van der Waals surface area contributed by atoms with Crippen molar-refractivity contribution in [2.45, 2.75) is 51.5 Å². The van der Waals surface area contributed by atoms with Crippen molar-refractivity contribution in [1.29, 1.82) is 0 Å². The van der Waals surface area contributed by atoms with Gasteiger partial charge in [0.05, 0.1) is 0 Å². The Labute approximate surface area is 75.9 Å². The van der Waals surface area contributed by atoms with Gasteiger partial charge >= 0.3 is 0 Å². The van der Waals surface area contributed by atoms with Crippen LogP contribution in [-0.4, -0.2) is 12.6 Å². The molecule has 12 heavy (non-hydrogen) atoms. The van der Waals surface area contributed by atoms with Crippen LogP contribution in [0.3, 0.4) is 0 Å². The highest BCUT2D eigenvalue weighted by molar-refractivity contribution is 4.81. The first kappa shape index (κ1) is 8.55. The molecule has 0 spiro atoms. The molecule has 2 aliphatic rings. The maximum Gasteiger partial charge on any atom is 0.00671 e. The molecule has 0 aliphatic heterocycles. The van der Waals surface area contributed by atoms with E-state index >= 15 is 0 Å². The van der Waals surface area contributed by atoms with Gasteiger partial charge in [0.15, 0.2) is 0 Å². The summed E-state index contributed by atoms with van der Waals surface area (Å²) >= 11 is 0. The van der Waals surface area contributed by atoms with Gasteiger partial charge in [-0.3, -0.25) is 0 Å². The van der Waals surface area contributed by atoms with Crippen LogP contribution in [0, 0.1) is 11.8 Å². The average Bonchev–Trinajstić information content (AvgIpc) is 2.74. The summed E-state index contributed by atoms with van der Waals surface area (Å²) in [4.78, 5) is 0. The molecule has 1 heteroatoms. The summed E-state index contributed by atoms with van der Waals surface area (Å²) in [7, 11) is 0. The SMILES string of the molecule is CC(NCC1CC1)C1CCCC1. The van der Waals surface area contributed by atoms with Crippen LogP contribution in [0.15, 0.2) is 0 Å². The van der Waals surface area contributed by atoms with E-state index in [-0.39, 0.29) is 0 Å². The summed E-state index contributed by atoms with van der Waals surface area (Å²) in [5.74, 6) is 2.03. The van der Waals surface area contributed by atoms with Crippen LogP contribution < -0.4 is 5.32 Å². The average molecular weight is 167 g/mol. The summed E-state index contributed by atoms with van der Waals surface area (Å²) < 4.78 is 0. The summed E-state index contributed by atoms with van der Waals surface area (Å²) in [6.07, 6.45) is 8.84. The normalized spacial score (nSPS) is 27.8. The Morgan fingerprint density at radius 1 is 1.17 bits per heavy atom. The predicted octanol–water partition coefficient (Wildman–Crippen LogP) is 2.56. The van der Waals surface area contributed by atoms with Gasteiger partial charge in [0.1, 0.15) is 0 Å². The quantitative estimate of drug-likeness (QED) is 0.678. The molecule has 0 radical (unpaired) electrons. The summed E-state index contributed by atoms with van der Waals surface area (Å²) in [5.41, 5.74) is 0. The van der Waals surface area contributed by atoms with E-state index in [1.807, 2.05) is 0 Å². The van der Waals surface area contributed by atoms with Crippen molar-refractivity contribution in [3.63, 3.8) is 0 Å². The zero-order valence-corrected chi connectivity index (χ0v) is 8.18. The van der Waals surface area contributed by atoms with Crippen molar-refractivity contribution < 1.29 is 0 Å². The highest BCUT2D eigenvalue weighted by atomic mass is 14.9. The zero-order valence-electron chi connectivity index (χ0n) is 8.18. The molecule has 0 aromatic carbocycles. The minimum absolute atomic E-state index is 0.785. The first-order chi connectivity index (χ1) is 5.86. The van der Waals surface area contributed by atoms with Gasteiger partial charge in [0.2, 0.25) is 0 Å². The first-order valence-corrected chi connectivity index (χ1v) is 5.59. The van der Waals surface area contributed by atoms with E-state index in [1.165, 1.54) is 45.1 Å². The maximum absolute atomic E-state index is 3.69. The highest BCUT2D eigenvalue weighted by Crippen LogP contribution is 2.30. The van der Waals surface area contributed by atoms with Crippen molar-refractivity contribution in [2.75, 3.05) is 6.54 Å². The molecule has 2 aliphatic carbocycles. The number of hydrogen-bond donors (Lipinski definition) is 1. The molecule has 1 atom stereocenters. The molecule has 70 valence electrons. The summed E-state index contributed by atoms with van der Waals surface area (Å²) in [6.45, 7) is 3.66. The molecule has 0 bridgehead atoms. The van der Waals surface area contributed by atoms with Crippen molar-refractivity contribution in [3.05, 3.63) is 0 Å². The van der Waals surface area contributed by atoms with Crippen LogP contribution >= 0.6 is 0 Å². The Kier molecular flexibility index (Phi) is 2.69. The highest BCUT2D eigenvalue weighted by Gasteiger charge is 2.25. The van der Waals surface area contributed by atoms with Gasteiger partial charge in [0.25, 0.3) is 0 Å². The van der Waals surface area contributed by atoms with E-state index in [2.05, 4.69) is 12.2 Å². The van der Waals surface area contributed by atoms with Crippen molar-refractivity contribution >= 4 is 0 Å². The molecule has 2 saturated carbocycles. The second kappa shape index (κ2) is 3.78. The van der Waals surface area contributed by atoms with Crippen molar-refractivity contribution in [2.24, 2.45) is 11.8 Å². The molecule has 0 aromatic heterocycles. The smallest absolute Gasteiger partial charge is 0.00671 e. The number of hydrogen-bond acceptors (Lipinski definition) is 1. The van der Waals surface area contributed by atoms with E-state index in [1.54, 1.807) is 0 Å². The fourth-order valence-electron chi connectivity index (χ4n) is 2.30. The largest absolute Gasteiger partial charge is 0.314 e. The van der Waals surface area contributed by atoms with Gasteiger partial charge in [-0.25, -0.2) is 0 Å². The van der Waals surface area contributed by atoms with Crippen LogP contribution in [0.2, 0.25) is 0 Å².